The second-order valence-electron chi connectivity index (χ2n) is 6.95. The molecule has 0 aromatic carbocycles. The Labute approximate surface area is 133 Å². The monoisotopic (exact) mass is 304 g/mol. The highest BCUT2D eigenvalue weighted by molar-refractivity contribution is 5.08. The molecule has 122 valence electrons. The minimum atomic E-state index is -0.515. The summed E-state index contributed by atoms with van der Waals surface area (Å²) in [5.41, 5.74) is 0.693. The molecule has 3 rings (SSSR count). The smallest absolute Gasteiger partial charge is 0.0774 e. The number of nitrogens with zero attached hydrogens (tertiary/aromatic N) is 2. The zero-order chi connectivity index (χ0) is 15.3. The van der Waals surface area contributed by atoms with Crippen LogP contribution in [0.4, 0.5) is 0 Å². The number of hydrogen-bond acceptors (Lipinski definition) is 4. The van der Waals surface area contributed by atoms with E-state index in [0.717, 1.165) is 64.8 Å². The first-order chi connectivity index (χ1) is 10.7. The number of ether oxygens (including phenoxy) is 1. The second kappa shape index (κ2) is 7.53. The fraction of sp³-hybridized carbons (Fsp3) is 0.722. The Hall–Kier alpha value is -0.970. The normalized spacial score (nSPS) is 24.7. The van der Waals surface area contributed by atoms with Gasteiger partial charge in [0.25, 0.3) is 0 Å². The summed E-state index contributed by atoms with van der Waals surface area (Å²) in [5, 5.41) is 10.9. The van der Waals surface area contributed by atoms with Crippen LogP contribution in [0.3, 0.4) is 0 Å². The van der Waals surface area contributed by atoms with Crippen LogP contribution >= 0.6 is 0 Å². The van der Waals surface area contributed by atoms with Gasteiger partial charge in [-0.25, -0.2) is 0 Å². The van der Waals surface area contributed by atoms with E-state index in [2.05, 4.69) is 16.0 Å². The molecule has 0 bridgehead atoms. The van der Waals surface area contributed by atoms with Crippen LogP contribution in [0.1, 0.15) is 50.5 Å². The molecule has 4 heteroatoms. The van der Waals surface area contributed by atoms with Gasteiger partial charge in [0.2, 0.25) is 0 Å². The van der Waals surface area contributed by atoms with Crippen LogP contribution < -0.4 is 0 Å². The van der Waals surface area contributed by atoms with Gasteiger partial charge >= 0.3 is 0 Å². The maximum absolute atomic E-state index is 10.9. The first kappa shape index (κ1) is 15.9. The van der Waals surface area contributed by atoms with Gasteiger partial charge in [0.05, 0.1) is 11.7 Å². The van der Waals surface area contributed by atoms with E-state index in [-0.39, 0.29) is 0 Å². The Balaban J connectivity index is 1.64. The zero-order valence-corrected chi connectivity index (χ0v) is 13.4. The Kier molecular flexibility index (Phi) is 5.45. The molecule has 1 N–H and O–H groups in total. The predicted octanol–water partition coefficient (Wildman–Crippen LogP) is 2.76. The Morgan fingerprint density at radius 2 is 2.14 bits per heavy atom. The molecule has 1 saturated heterocycles. The fourth-order valence-electron chi connectivity index (χ4n) is 3.80. The largest absolute Gasteiger partial charge is 0.389 e. The minimum Gasteiger partial charge on any atom is -0.389 e. The van der Waals surface area contributed by atoms with Crippen molar-refractivity contribution >= 4 is 0 Å². The third kappa shape index (κ3) is 4.51. The SMILES string of the molecule is OC1(CN(Cc2cccnc2)CC2CCCO2)CCCCC1. The van der Waals surface area contributed by atoms with Crippen LogP contribution in [0.2, 0.25) is 0 Å². The summed E-state index contributed by atoms with van der Waals surface area (Å²) >= 11 is 0. The molecule has 1 saturated carbocycles. The summed E-state index contributed by atoms with van der Waals surface area (Å²) in [5.74, 6) is 0. The summed E-state index contributed by atoms with van der Waals surface area (Å²) in [6.07, 6.45) is 11.8. The molecule has 2 aliphatic rings. The highest BCUT2D eigenvalue weighted by atomic mass is 16.5. The molecule has 0 spiro atoms. The summed E-state index contributed by atoms with van der Waals surface area (Å²) in [4.78, 5) is 6.59. The molecular formula is C18H28N2O2. The molecule has 1 aliphatic heterocycles. The third-order valence-corrected chi connectivity index (χ3v) is 4.92. The van der Waals surface area contributed by atoms with Crippen molar-refractivity contribution in [1.82, 2.24) is 9.88 Å². The van der Waals surface area contributed by atoms with Crippen molar-refractivity contribution in [2.45, 2.75) is 63.2 Å². The third-order valence-electron chi connectivity index (χ3n) is 4.92. The minimum absolute atomic E-state index is 0.323. The molecule has 4 nitrogen and oxygen atoms in total. The maximum Gasteiger partial charge on any atom is 0.0774 e. The van der Waals surface area contributed by atoms with Crippen molar-refractivity contribution in [2.75, 3.05) is 19.7 Å². The lowest BCUT2D eigenvalue weighted by molar-refractivity contribution is -0.0385. The topological polar surface area (TPSA) is 45.6 Å². The summed E-state index contributed by atoms with van der Waals surface area (Å²) in [6, 6.07) is 4.09. The van der Waals surface area contributed by atoms with E-state index in [1.54, 1.807) is 0 Å². The molecule has 1 atom stereocenters. The van der Waals surface area contributed by atoms with E-state index in [0.29, 0.717) is 6.10 Å². The molecule has 1 unspecified atom stereocenters. The fourth-order valence-corrected chi connectivity index (χ4v) is 3.80. The lowest BCUT2D eigenvalue weighted by atomic mass is 9.84. The van der Waals surface area contributed by atoms with Gasteiger partial charge in [-0.3, -0.25) is 9.88 Å². The number of aromatic nitrogens is 1. The van der Waals surface area contributed by atoms with Gasteiger partial charge in [0.15, 0.2) is 0 Å². The van der Waals surface area contributed by atoms with Crippen molar-refractivity contribution < 1.29 is 9.84 Å². The molecule has 2 fully saturated rings. The average Bonchev–Trinajstić information content (AvgIpc) is 3.01. The van der Waals surface area contributed by atoms with E-state index in [1.807, 2.05) is 18.5 Å². The highest BCUT2D eigenvalue weighted by Gasteiger charge is 2.32. The van der Waals surface area contributed by atoms with Gasteiger partial charge in [-0.2, -0.15) is 0 Å². The maximum atomic E-state index is 10.9. The van der Waals surface area contributed by atoms with Gasteiger partial charge in [-0.05, 0) is 37.3 Å². The van der Waals surface area contributed by atoms with Crippen LogP contribution in [-0.2, 0) is 11.3 Å². The summed E-state index contributed by atoms with van der Waals surface area (Å²) < 4.78 is 5.80. The lowest BCUT2D eigenvalue weighted by Gasteiger charge is -2.37. The van der Waals surface area contributed by atoms with Gasteiger partial charge in [0, 0.05) is 38.6 Å². The van der Waals surface area contributed by atoms with Crippen molar-refractivity contribution in [3.8, 4) is 0 Å². The number of aliphatic hydroxyl groups is 1. The molecule has 1 aromatic heterocycles. The first-order valence-corrected chi connectivity index (χ1v) is 8.69. The van der Waals surface area contributed by atoms with Crippen molar-refractivity contribution in [1.29, 1.82) is 0 Å². The Bertz CT molecular complexity index is 440. The van der Waals surface area contributed by atoms with Crippen molar-refractivity contribution in [2.24, 2.45) is 0 Å². The Morgan fingerprint density at radius 1 is 1.27 bits per heavy atom. The van der Waals surface area contributed by atoms with Gasteiger partial charge in [-0.1, -0.05) is 25.3 Å². The van der Waals surface area contributed by atoms with Gasteiger partial charge in [0.1, 0.15) is 0 Å². The molecule has 0 radical (unpaired) electrons. The van der Waals surface area contributed by atoms with Crippen LogP contribution in [0.15, 0.2) is 24.5 Å². The molecule has 1 aliphatic carbocycles. The predicted molar refractivity (Wildman–Crippen MR) is 86.5 cm³/mol. The van der Waals surface area contributed by atoms with Crippen LogP contribution in [0.5, 0.6) is 0 Å². The van der Waals surface area contributed by atoms with Gasteiger partial charge in [-0.15, -0.1) is 0 Å². The standard InChI is InChI=1S/C18H28N2O2/c21-18(8-2-1-3-9-18)15-20(14-17-7-5-11-22-17)13-16-6-4-10-19-12-16/h4,6,10,12,17,21H,1-3,5,7-9,11,13-15H2. The van der Waals surface area contributed by atoms with E-state index in [9.17, 15) is 5.11 Å². The molecule has 22 heavy (non-hydrogen) atoms. The van der Waals surface area contributed by atoms with Crippen molar-refractivity contribution in [3.05, 3.63) is 30.1 Å². The summed E-state index contributed by atoms with van der Waals surface area (Å²) in [6.45, 7) is 3.39. The molecular weight excluding hydrogens is 276 g/mol. The first-order valence-electron chi connectivity index (χ1n) is 8.69. The second-order valence-corrected chi connectivity index (χ2v) is 6.95. The molecule has 2 heterocycles. The number of rotatable bonds is 6. The van der Waals surface area contributed by atoms with Crippen molar-refractivity contribution in [3.63, 3.8) is 0 Å². The lowest BCUT2D eigenvalue weighted by Crippen LogP contribution is -2.46. The number of hydrogen-bond donors (Lipinski definition) is 1. The molecule has 1 aromatic rings. The molecule has 0 amide bonds. The van der Waals surface area contributed by atoms with Crippen LogP contribution in [0, 0.1) is 0 Å². The quantitative estimate of drug-likeness (QED) is 0.878. The summed E-state index contributed by atoms with van der Waals surface area (Å²) in [7, 11) is 0. The van der Waals surface area contributed by atoms with E-state index < -0.39 is 5.60 Å². The van der Waals surface area contributed by atoms with E-state index in [4.69, 9.17) is 4.74 Å². The highest BCUT2D eigenvalue weighted by Crippen LogP contribution is 2.29. The van der Waals surface area contributed by atoms with E-state index >= 15 is 0 Å². The Morgan fingerprint density at radius 3 is 2.82 bits per heavy atom. The zero-order valence-electron chi connectivity index (χ0n) is 13.4. The van der Waals surface area contributed by atoms with Crippen LogP contribution in [-0.4, -0.2) is 46.4 Å². The van der Waals surface area contributed by atoms with Gasteiger partial charge < -0.3 is 9.84 Å². The average molecular weight is 304 g/mol. The van der Waals surface area contributed by atoms with E-state index in [1.165, 1.54) is 12.0 Å². The van der Waals surface area contributed by atoms with Crippen LogP contribution in [0.25, 0.3) is 0 Å². The number of pyridine rings is 1.